The van der Waals surface area contributed by atoms with Crippen LogP contribution in [0.1, 0.15) is 36.5 Å². The SMILES string of the molecule is CC1CCCCN1C(=O)c1ccc(Cl)c(S(=O)(=O)Nc2ccc(Cl)cc2)c1. The van der Waals surface area contributed by atoms with Crippen molar-refractivity contribution in [3.05, 3.63) is 58.1 Å². The van der Waals surface area contributed by atoms with Gasteiger partial charge in [0.1, 0.15) is 4.90 Å². The molecule has 8 heteroatoms. The number of sulfonamides is 1. The third-order valence-electron chi connectivity index (χ3n) is 4.63. The molecule has 0 saturated carbocycles. The first-order chi connectivity index (χ1) is 12.8. The highest BCUT2D eigenvalue weighted by molar-refractivity contribution is 7.92. The van der Waals surface area contributed by atoms with E-state index in [-0.39, 0.29) is 21.9 Å². The second kappa shape index (κ2) is 8.09. The Hall–Kier alpha value is -1.76. The Morgan fingerprint density at radius 3 is 2.48 bits per heavy atom. The van der Waals surface area contributed by atoms with Crippen molar-refractivity contribution in [1.29, 1.82) is 0 Å². The van der Waals surface area contributed by atoms with Gasteiger partial charge >= 0.3 is 0 Å². The number of nitrogens with one attached hydrogen (secondary N) is 1. The zero-order valence-corrected chi connectivity index (χ0v) is 17.1. The van der Waals surface area contributed by atoms with Crippen molar-refractivity contribution in [2.24, 2.45) is 0 Å². The molecule has 144 valence electrons. The van der Waals surface area contributed by atoms with Crippen molar-refractivity contribution in [2.45, 2.75) is 37.1 Å². The number of nitrogens with zero attached hydrogens (tertiary/aromatic N) is 1. The van der Waals surface area contributed by atoms with Crippen molar-refractivity contribution in [3.8, 4) is 0 Å². The smallest absolute Gasteiger partial charge is 0.263 e. The van der Waals surface area contributed by atoms with Gasteiger partial charge in [0.25, 0.3) is 15.9 Å². The maximum atomic E-state index is 12.8. The first-order valence-corrected chi connectivity index (χ1v) is 10.9. The van der Waals surface area contributed by atoms with Crippen LogP contribution in [0, 0.1) is 0 Å². The minimum atomic E-state index is -3.95. The fourth-order valence-electron chi connectivity index (χ4n) is 3.14. The van der Waals surface area contributed by atoms with E-state index in [1.165, 1.54) is 12.1 Å². The molecule has 1 heterocycles. The molecule has 0 bridgehead atoms. The summed E-state index contributed by atoms with van der Waals surface area (Å²) in [6, 6.07) is 10.7. The van der Waals surface area contributed by atoms with E-state index in [2.05, 4.69) is 4.72 Å². The number of halogens is 2. The number of piperidine rings is 1. The van der Waals surface area contributed by atoms with Crippen molar-refractivity contribution < 1.29 is 13.2 Å². The fourth-order valence-corrected chi connectivity index (χ4v) is 4.85. The first-order valence-electron chi connectivity index (χ1n) is 8.67. The average molecular weight is 427 g/mol. The zero-order valence-electron chi connectivity index (χ0n) is 14.8. The molecule has 1 atom stereocenters. The highest BCUT2D eigenvalue weighted by Gasteiger charge is 2.26. The quantitative estimate of drug-likeness (QED) is 0.762. The van der Waals surface area contributed by atoms with E-state index in [9.17, 15) is 13.2 Å². The summed E-state index contributed by atoms with van der Waals surface area (Å²) >= 11 is 12.0. The summed E-state index contributed by atoms with van der Waals surface area (Å²) in [6.45, 7) is 2.68. The predicted molar refractivity (Wildman–Crippen MR) is 108 cm³/mol. The van der Waals surface area contributed by atoms with Crippen molar-refractivity contribution in [3.63, 3.8) is 0 Å². The van der Waals surface area contributed by atoms with Gasteiger partial charge < -0.3 is 4.90 Å². The van der Waals surface area contributed by atoms with Crippen LogP contribution in [0.4, 0.5) is 5.69 Å². The van der Waals surface area contributed by atoms with Gasteiger partial charge in [-0.3, -0.25) is 9.52 Å². The summed E-state index contributed by atoms with van der Waals surface area (Å²) in [5.74, 6) is -0.179. The number of amides is 1. The Labute approximate surface area is 169 Å². The molecule has 1 aliphatic rings. The van der Waals surface area contributed by atoms with Crippen LogP contribution in [0.3, 0.4) is 0 Å². The normalized spacial score (nSPS) is 17.6. The Morgan fingerprint density at radius 2 is 1.81 bits per heavy atom. The second-order valence-electron chi connectivity index (χ2n) is 6.60. The van der Waals surface area contributed by atoms with Crippen LogP contribution in [-0.2, 0) is 10.0 Å². The van der Waals surface area contributed by atoms with Crippen LogP contribution in [0.15, 0.2) is 47.4 Å². The van der Waals surface area contributed by atoms with Gasteiger partial charge in [-0.25, -0.2) is 8.42 Å². The van der Waals surface area contributed by atoms with E-state index < -0.39 is 10.0 Å². The lowest BCUT2D eigenvalue weighted by molar-refractivity contribution is 0.0635. The molecule has 0 spiro atoms. The molecule has 3 rings (SSSR count). The van der Waals surface area contributed by atoms with Gasteiger partial charge in [0.15, 0.2) is 0 Å². The van der Waals surface area contributed by atoms with Gasteiger partial charge in [-0.15, -0.1) is 0 Å². The molecule has 1 fully saturated rings. The molecule has 27 heavy (non-hydrogen) atoms. The van der Waals surface area contributed by atoms with Gasteiger partial charge in [-0.2, -0.15) is 0 Å². The largest absolute Gasteiger partial charge is 0.336 e. The number of rotatable bonds is 4. The van der Waals surface area contributed by atoms with Crippen LogP contribution in [0.2, 0.25) is 10.0 Å². The maximum Gasteiger partial charge on any atom is 0.263 e. The van der Waals surface area contributed by atoms with Gasteiger partial charge in [0, 0.05) is 28.9 Å². The van der Waals surface area contributed by atoms with E-state index in [1.807, 2.05) is 6.92 Å². The summed E-state index contributed by atoms with van der Waals surface area (Å²) in [6.07, 6.45) is 2.99. The molecular formula is C19H20Cl2N2O3S. The third kappa shape index (κ3) is 4.57. The van der Waals surface area contributed by atoms with Crippen LogP contribution in [0.25, 0.3) is 0 Å². The van der Waals surface area contributed by atoms with Crippen molar-refractivity contribution in [1.82, 2.24) is 4.90 Å². The van der Waals surface area contributed by atoms with E-state index in [4.69, 9.17) is 23.2 Å². The van der Waals surface area contributed by atoms with Gasteiger partial charge in [0.05, 0.1) is 5.02 Å². The lowest BCUT2D eigenvalue weighted by atomic mass is 10.0. The molecule has 1 amide bonds. The molecule has 5 nitrogen and oxygen atoms in total. The summed E-state index contributed by atoms with van der Waals surface area (Å²) in [4.78, 5) is 14.5. The number of hydrogen-bond donors (Lipinski definition) is 1. The number of benzene rings is 2. The van der Waals surface area contributed by atoms with Gasteiger partial charge in [-0.1, -0.05) is 23.2 Å². The lowest BCUT2D eigenvalue weighted by Gasteiger charge is -2.33. The molecule has 2 aromatic rings. The number of carbonyl (C=O) groups excluding carboxylic acids is 1. The Kier molecular flexibility index (Phi) is 5.99. The number of likely N-dealkylation sites (tertiary alicyclic amines) is 1. The van der Waals surface area contributed by atoms with Gasteiger partial charge in [-0.05, 0) is 68.7 Å². The number of anilines is 1. The minimum Gasteiger partial charge on any atom is -0.336 e. The topological polar surface area (TPSA) is 66.5 Å². The molecule has 1 saturated heterocycles. The van der Waals surface area contributed by atoms with Gasteiger partial charge in [0.2, 0.25) is 0 Å². The highest BCUT2D eigenvalue weighted by Crippen LogP contribution is 2.27. The van der Waals surface area contributed by atoms with E-state index in [0.29, 0.717) is 22.8 Å². The molecule has 0 radical (unpaired) electrons. The number of hydrogen-bond acceptors (Lipinski definition) is 3. The Bertz CT molecular complexity index is 946. The molecular weight excluding hydrogens is 407 g/mol. The summed E-state index contributed by atoms with van der Waals surface area (Å²) in [7, 11) is -3.95. The first kappa shape index (κ1) is 20.0. The number of carbonyl (C=O) groups is 1. The monoisotopic (exact) mass is 426 g/mol. The maximum absolute atomic E-state index is 12.8. The molecule has 1 aliphatic heterocycles. The average Bonchev–Trinajstić information content (AvgIpc) is 2.63. The van der Waals surface area contributed by atoms with Crippen LogP contribution in [0.5, 0.6) is 0 Å². The van der Waals surface area contributed by atoms with Crippen LogP contribution >= 0.6 is 23.2 Å². The molecule has 1 unspecified atom stereocenters. The Morgan fingerprint density at radius 1 is 1.11 bits per heavy atom. The molecule has 2 aromatic carbocycles. The third-order valence-corrected chi connectivity index (χ3v) is 6.74. The summed E-state index contributed by atoms with van der Waals surface area (Å²) in [5.41, 5.74) is 0.668. The Balaban J connectivity index is 1.90. The van der Waals surface area contributed by atoms with Crippen LogP contribution < -0.4 is 4.72 Å². The highest BCUT2D eigenvalue weighted by atomic mass is 35.5. The molecule has 1 N–H and O–H groups in total. The minimum absolute atomic E-state index is 0.0553. The fraction of sp³-hybridized carbons (Fsp3) is 0.316. The van der Waals surface area contributed by atoms with Crippen molar-refractivity contribution in [2.75, 3.05) is 11.3 Å². The molecule has 0 aliphatic carbocycles. The standard InChI is InChI=1S/C19H20Cl2N2O3S/c1-13-4-2-3-11-23(13)19(24)14-5-10-17(21)18(12-14)27(25,26)22-16-8-6-15(20)7-9-16/h5-10,12-13,22H,2-4,11H2,1H3. The zero-order chi connectivity index (χ0) is 19.6. The summed E-state index contributed by atoms with van der Waals surface area (Å²) in [5, 5.41) is 0.555. The van der Waals surface area contributed by atoms with E-state index >= 15 is 0 Å². The lowest BCUT2D eigenvalue weighted by Crippen LogP contribution is -2.42. The summed E-state index contributed by atoms with van der Waals surface area (Å²) < 4.78 is 28.0. The van der Waals surface area contributed by atoms with Crippen LogP contribution in [-0.4, -0.2) is 31.8 Å². The predicted octanol–water partition coefficient (Wildman–Crippen LogP) is 4.81. The molecule has 0 aromatic heterocycles. The van der Waals surface area contributed by atoms with E-state index in [1.54, 1.807) is 35.2 Å². The van der Waals surface area contributed by atoms with Crippen molar-refractivity contribution >= 4 is 44.8 Å². The van der Waals surface area contributed by atoms with E-state index in [0.717, 1.165) is 19.3 Å². The second-order valence-corrected chi connectivity index (χ2v) is 9.10.